The highest BCUT2D eigenvalue weighted by molar-refractivity contribution is 4.84. The third-order valence-corrected chi connectivity index (χ3v) is 3.55. The third kappa shape index (κ3) is 2.68. The smallest absolute Gasteiger partial charge is 0.0107 e. The highest BCUT2D eigenvalue weighted by atomic mass is 15.1. The van der Waals surface area contributed by atoms with E-state index in [-0.39, 0.29) is 0 Å². The second kappa shape index (κ2) is 3.97. The summed E-state index contributed by atoms with van der Waals surface area (Å²) in [5.74, 6) is 1.02. The van der Waals surface area contributed by atoms with E-state index in [1.165, 1.54) is 45.1 Å². The van der Waals surface area contributed by atoms with E-state index in [4.69, 9.17) is 5.73 Å². The molecule has 0 spiro atoms. The summed E-state index contributed by atoms with van der Waals surface area (Å²) in [6.07, 6.45) is 8.10. The molecular formula is C11H22N2. The monoisotopic (exact) mass is 182 g/mol. The van der Waals surface area contributed by atoms with Gasteiger partial charge in [0, 0.05) is 18.6 Å². The summed E-state index contributed by atoms with van der Waals surface area (Å²) in [6.45, 7) is 1.32. The summed E-state index contributed by atoms with van der Waals surface area (Å²) < 4.78 is 0. The first kappa shape index (κ1) is 9.47. The maximum Gasteiger partial charge on any atom is 0.0107 e. The first-order valence-electron chi connectivity index (χ1n) is 5.71. The molecule has 0 saturated heterocycles. The van der Waals surface area contributed by atoms with Crippen LogP contribution in [0.2, 0.25) is 0 Å². The zero-order valence-corrected chi connectivity index (χ0v) is 8.71. The first-order valence-corrected chi connectivity index (χ1v) is 5.71. The fourth-order valence-corrected chi connectivity index (χ4v) is 2.46. The van der Waals surface area contributed by atoms with Crippen LogP contribution in [0, 0.1) is 5.92 Å². The van der Waals surface area contributed by atoms with Gasteiger partial charge in [0.15, 0.2) is 0 Å². The lowest BCUT2D eigenvalue weighted by Gasteiger charge is -2.34. The molecule has 2 atom stereocenters. The van der Waals surface area contributed by atoms with Crippen LogP contribution in [0.3, 0.4) is 0 Å². The minimum atomic E-state index is 0.473. The predicted octanol–water partition coefficient (Wildman–Crippen LogP) is 1.60. The Morgan fingerprint density at radius 2 is 2.00 bits per heavy atom. The molecule has 2 aliphatic rings. The van der Waals surface area contributed by atoms with Crippen LogP contribution in [0.1, 0.15) is 38.5 Å². The summed E-state index contributed by atoms with van der Waals surface area (Å²) >= 11 is 0. The number of hydrogen-bond donors (Lipinski definition) is 1. The second-order valence-corrected chi connectivity index (χ2v) is 4.96. The van der Waals surface area contributed by atoms with Gasteiger partial charge in [0.05, 0.1) is 0 Å². The van der Waals surface area contributed by atoms with Gasteiger partial charge in [0.2, 0.25) is 0 Å². The highest BCUT2D eigenvalue weighted by Gasteiger charge is 2.28. The van der Waals surface area contributed by atoms with Crippen molar-refractivity contribution in [3.05, 3.63) is 0 Å². The van der Waals surface area contributed by atoms with Crippen molar-refractivity contribution in [1.82, 2.24) is 4.90 Å². The molecule has 2 fully saturated rings. The Morgan fingerprint density at radius 1 is 1.23 bits per heavy atom. The topological polar surface area (TPSA) is 29.3 Å². The Kier molecular flexibility index (Phi) is 2.89. The molecule has 0 bridgehead atoms. The van der Waals surface area contributed by atoms with Gasteiger partial charge in [0.1, 0.15) is 0 Å². The van der Waals surface area contributed by atoms with E-state index in [9.17, 15) is 0 Å². The van der Waals surface area contributed by atoms with E-state index < -0.39 is 0 Å². The molecule has 0 amide bonds. The van der Waals surface area contributed by atoms with Gasteiger partial charge in [-0.25, -0.2) is 0 Å². The maximum atomic E-state index is 5.98. The molecule has 0 heterocycles. The van der Waals surface area contributed by atoms with E-state index in [0.717, 1.165) is 12.0 Å². The summed E-state index contributed by atoms with van der Waals surface area (Å²) in [4.78, 5) is 2.55. The lowest BCUT2D eigenvalue weighted by molar-refractivity contribution is 0.174. The zero-order valence-electron chi connectivity index (χ0n) is 8.71. The van der Waals surface area contributed by atoms with Gasteiger partial charge < -0.3 is 10.6 Å². The molecule has 0 aromatic carbocycles. The van der Waals surface area contributed by atoms with Crippen molar-refractivity contribution < 1.29 is 0 Å². The molecule has 2 rings (SSSR count). The van der Waals surface area contributed by atoms with E-state index in [0.29, 0.717) is 6.04 Å². The summed E-state index contributed by atoms with van der Waals surface area (Å²) in [5.41, 5.74) is 5.98. The van der Waals surface area contributed by atoms with Gasteiger partial charge in [0.25, 0.3) is 0 Å². The number of rotatable bonds is 3. The normalized spacial score (nSPS) is 35.3. The van der Waals surface area contributed by atoms with Gasteiger partial charge in [-0.05, 0) is 45.1 Å². The SMILES string of the molecule is CN(CC1CC1)C1CCCC(N)C1. The minimum absolute atomic E-state index is 0.473. The molecule has 2 nitrogen and oxygen atoms in total. The Labute approximate surface area is 81.5 Å². The van der Waals surface area contributed by atoms with Crippen LogP contribution in [0.15, 0.2) is 0 Å². The first-order chi connectivity index (χ1) is 6.25. The van der Waals surface area contributed by atoms with Crippen molar-refractivity contribution in [1.29, 1.82) is 0 Å². The number of hydrogen-bond acceptors (Lipinski definition) is 2. The summed E-state index contributed by atoms with van der Waals surface area (Å²) in [6, 6.07) is 1.25. The van der Waals surface area contributed by atoms with Crippen molar-refractivity contribution >= 4 is 0 Å². The number of nitrogens with zero attached hydrogens (tertiary/aromatic N) is 1. The molecule has 0 aliphatic heterocycles. The fraction of sp³-hybridized carbons (Fsp3) is 1.00. The molecular weight excluding hydrogens is 160 g/mol. The molecule has 0 radical (unpaired) electrons. The van der Waals surface area contributed by atoms with Crippen LogP contribution >= 0.6 is 0 Å². The van der Waals surface area contributed by atoms with Gasteiger partial charge in [-0.2, -0.15) is 0 Å². The van der Waals surface area contributed by atoms with Crippen LogP contribution in [0.4, 0.5) is 0 Å². The Balaban J connectivity index is 1.76. The van der Waals surface area contributed by atoms with Crippen molar-refractivity contribution in [2.75, 3.05) is 13.6 Å². The Bertz CT molecular complexity index is 165. The standard InChI is InChI=1S/C11H22N2/c1-13(8-9-5-6-9)11-4-2-3-10(12)7-11/h9-11H,2-8,12H2,1H3. The third-order valence-electron chi connectivity index (χ3n) is 3.55. The molecule has 2 saturated carbocycles. The van der Waals surface area contributed by atoms with Crippen LogP contribution in [-0.4, -0.2) is 30.6 Å². The van der Waals surface area contributed by atoms with E-state index >= 15 is 0 Å². The molecule has 0 aromatic heterocycles. The highest BCUT2D eigenvalue weighted by Crippen LogP contribution is 2.31. The molecule has 2 heteroatoms. The van der Waals surface area contributed by atoms with Gasteiger partial charge in [-0.3, -0.25) is 0 Å². The van der Waals surface area contributed by atoms with Crippen LogP contribution in [0.5, 0.6) is 0 Å². The van der Waals surface area contributed by atoms with Gasteiger partial charge in [-0.1, -0.05) is 6.42 Å². The van der Waals surface area contributed by atoms with E-state index in [1.807, 2.05) is 0 Å². The Morgan fingerprint density at radius 3 is 2.62 bits per heavy atom. The molecule has 76 valence electrons. The van der Waals surface area contributed by atoms with E-state index in [1.54, 1.807) is 0 Å². The van der Waals surface area contributed by atoms with Crippen molar-refractivity contribution in [3.8, 4) is 0 Å². The minimum Gasteiger partial charge on any atom is -0.328 e. The lowest BCUT2D eigenvalue weighted by Crippen LogP contribution is -2.41. The average molecular weight is 182 g/mol. The van der Waals surface area contributed by atoms with Gasteiger partial charge in [-0.15, -0.1) is 0 Å². The van der Waals surface area contributed by atoms with Gasteiger partial charge >= 0.3 is 0 Å². The zero-order chi connectivity index (χ0) is 9.26. The average Bonchev–Trinajstić information content (AvgIpc) is 2.88. The Hall–Kier alpha value is -0.0800. The fourth-order valence-electron chi connectivity index (χ4n) is 2.46. The number of nitrogens with two attached hydrogens (primary N) is 1. The van der Waals surface area contributed by atoms with E-state index in [2.05, 4.69) is 11.9 Å². The van der Waals surface area contributed by atoms with Crippen LogP contribution in [0.25, 0.3) is 0 Å². The van der Waals surface area contributed by atoms with Crippen molar-refractivity contribution in [2.24, 2.45) is 11.7 Å². The molecule has 0 aromatic rings. The van der Waals surface area contributed by atoms with Crippen molar-refractivity contribution in [2.45, 2.75) is 50.6 Å². The lowest BCUT2D eigenvalue weighted by atomic mass is 9.90. The summed E-state index contributed by atoms with van der Waals surface area (Å²) in [5, 5.41) is 0. The largest absolute Gasteiger partial charge is 0.328 e. The van der Waals surface area contributed by atoms with Crippen LogP contribution < -0.4 is 5.73 Å². The quantitative estimate of drug-likeness (QED) is 0.718. The summed E-state index contributed by atoms with van der Waals surface area (Å²) in [7, 11) is 2.28. The molecule has 2 aliphatic carbocycles. The van der Waals surface area contributed by atoms with Crippen molar-refractivity contribution in [3.63, 3.8) is 0 Å². The second-order valence-electron chi connectivity index (χ2n) is 4.96. The predicted molar refractivity (Wildman–Crippen MR) is 55.6 cm³/mol. The molecule has 13 heavy (non-hydrogen) atoms. The van der Waals surface area contributed by atoms with Crippen LogP contribution in [-0.2, 0) is 0 Å². The molecule has 2 unspecified atom stereocenters. The molecule has 2 N–H and O–H groups in total. The maximum absolute atomic E-state index is 5.98.